The number of halogens is 1. The molecular formula is C18H17ClN2O3. The van der Waals surface area contributed by atoms with Gasteiger partial charge in [0.05, 0.1) is 23.8 Å². The standard InChI is InChI=1S/C18H17ClN2O3/c1-20-17(22)14-7-6-11(19)10-15(14)21-18(23)13-8-9-24-16-5-3-2-4-12(13)16/h2-7,10,13H,8-9H2,1H3,(H,20,22)(H,21,23). The number of benzene rings is 2. The topological polar surface area (TPSA) is 67.4 Å². The van der Waals surface area contributed by atoms with E-state index in [1.807, 2.05) is 24.3 Å². The van der Waals surface area contributed by atoms with E-state index in [1.165, 1.54) is 7.05 Å². The molecule has 0 saturated carbocycles. The Morgan fingerprint density at radius 3 is 2.79 bits per heavy atom. The van der Waals surface area contributed by atoms with E-state index in [-0.39, 0.29) is 17.7 Å². The highest BCUT2D eigenvalue weighted by atomic mass is 35.5. The number of hydrogen-bond acceptors (Lipinski definition) is 3. The maximum Gasteiger partial charge on any atom is 0.253 e. The third-order valence-corrected chi connectivity index (χ3v) is 4.22. The minimum atomic E-state index is -0.327. The summed E-state index contributed by atoms with van der Waals surface area (Å²) in [5.74, 6) is -0.0690. The number of anilines is 1. The molecule has 1 aliphatic rings. The minimum Gasteiger partial charge on any atom is -0.493 e. The number of ether oxygens (including phenoxy) is 1. The SMILES string of the molecule is CNC(=O)c1ccc(Cl)cc1NC(=O)C1CCOc2ccccc21. The Morgan fingerprint density at radius 1 is 1.21 bits per heavy atom. The molecule has 0 fully saturated rings. The highest BCUT2D eigenvalue weighted by molar-refractivity contribution is 6.31. The van der Waals surface area contributed by atoms with Crippen LogP contribution in [0, 0.1) is 0 Å². The molecule has 5 nitrogen and oxygen atoms in total. The average Bonchev–Trinajstić information content (AvgIpc) is 2.60. The summed E-state index contributed by atoms with van der Waals surface area (Å²) in [5.41, 5.74) is 1.62. The van der Waals surface area contributed by atoms with Crippen LogP contribution in [-0.4, -0.2) is 25.5 Å². The Hall–Kier alpha value is -2.53. The Morgan fingerprint density at radius 2 is 2.00 bits per heavy atom. The molecule has 1 aliphatic heterocycles. The third kappa shape index (κ3) is 3.21. The van der Waals surface area contributed by atoms with Crippen LogP contribution in [0.15, 0.2) is 42.5 Å². The molecule has 2 aromatic carbocycles. The van der Waals surface area contributed by atoms with Gasteiger partial charge >= 0.3 is 0 Å². The normalized spacial score (nSPS) is 15.8. The van der Waals surface area contributed by atoms with Crippen molar-refractivity contribution in [2.45, 2.75) is 12.3 Å². The fraction of sp³-hybridized carbons (Fsp3) is 0.222. The first kappa shape index (κ1) is 16.3. The molecule has 2 aromatic rings. The van der Waals surface area contributed by atoms with Crippen molar-refractivity contribution in [3.63, 3.8) is 0 Å². The van der Waals surface area contributed by atoms with E-state index in [2.05, 4.69) is 10.6 Å². The second kappa shape index (κ2) is 6.93. The van der Waals surface area contributed by atoms with Gasteiger partial charge in [-0.2, -0.15) is 0 Å². The van der Waals surface area contributed by atoms with E-state index >= 15 is 0 Å². The van der Waals surface area contributed by atoms with Crippen LogP contribution < -0.4 is 15.4 Å². The van der Waals surface area contributed by atoms with E-state index in [0.717, 1.165) is 11.3 Å². The first-order valence-corrected chi connectivity index (χ1v) is 8.02. The molecular weight excluding hydrogens is 328 g/mol. The number of para-hydroxylation sites is 1. The monoisotopic (exact) mass is 344 g/mol. The van der Waals surface area contributed by atoms with Crippen molar-refractivity contribution < 1.29 is 14.3 Å². The van der Waals surface area contributed by atoms with Crippen LogP contribution in [0.25, 0.3) is 0 Å². The molecule has 124 valence electrons. The third-order valence-electron chi connectivity index (χ3n) is 3.99. The summed E-state index contributed by atoms with van der Waals surface area (Å²) in [5, 5.41) is 5.84. The second-order valence-electron chi connectivity index (χ2n) is 5.49. The Bertz CT molecular complexity index is 792. The zero-order valence-electron chi connectivity index (χ0n) is 13.1. The first-order chi connectivity index (χ1) is 11.6. The molecule has 0 spiro atoms. The summed E-state index contributed by atoms with van der Waals surface area (Å²) >= 11 is 6.01. The molecule has 0 aliphatic carbocycles. The van der Waals surface area contributed by atoms with Crippen molar-refractivity contribution in [3.05, 3.63) is 58.6 Å². The number of rotatable bonds is 3. The number of amides is 2. The summed E-state index contributed by atoms with van der Waals surface area (Å²) < 4.78 is 5.59. The van der Waals surface area contributed by atoms with Gasteiger partial charge in [0.1, 0.15) is 5.75 Å². The lowest BCUT2D eigenvalue weighted by Gasteiger charge is -2.25. The van der Waals surface area contributed by atoms with Crippen LogP contribution in [0.5, 0.6) is 5.75 Å². The summed E-state index contributed by atoms with van der Waals surface area (Å²) in [6.45, 7) is 0.479. The van der Waals surface area contributed by atoms with Gasteiger partial charge in [0.25, 0.3) is 5.91 Å². The van der Waals surface area contributed by atoms with E-state index in [0.29, 0.717) is 29.3 Å². The molecule has 1 unspecified atom stereocenters. The lowest BCUT2D eigenvalue weighted by Crippen LogP contribution is -2.28. The molecule has 3 rings (SSSR count). The maximum absolute atomic E-state index is 12.8. The largest absolute Gasteiger partial charge is 0.493 e. The Labute approximate surface area is 145 Å². The van der Waals surface area contributed by atoms with Crippen LogP contribution in [0.4, 0.5) is 5.69 Å². The molecule has 0 saturated heterocycles. The van der Waals surface area contributed by atoms with Crippen LogP contribution in [0.3, 0.4) is 0 Å². The summed E-state index contributed by atoms with van der Waals surface area (Å²) in [7, 11) is 1.54. The first-order valence-electron chi connectivity index (χ1n) is 7.64. The van der Waals surface area contributed by atoms with Gasteiger partial charge in [-0.15, -0.1) is 0 Å². The van der Waals surface area contributed by atoms with Crippen LogP contribution in [-0.2, 0) is 4.79 Å². The van der Waals surface area contributed by atoms with Crippen molar-refractivity contribution in [1.29, 1.82) is 0 Å². The number of hydrogen-bond donors (Lipinski definition) is 2. The maximum atomic E-state index is 12.8. The molecule has 0 bridgehead atoms. The molecule has 24 heavy (non-hydrogen) atoms. The van der Waals surface area contributed by atoms with Gasteiger partial charge in [0.2, 0.25) is 5.91 Å². The highest BCUT2D eigenvalue weighted by Crippen LogP contribution is 2.34. The number of fused-ring (bicyclic) bond motifs is 1. The lowest BCUT2D eigenvalue weighted by molar-refractivity contribution is -0.118. The summed E-state index contributed by atoms with van der Waals surface area (Å²) in [6, 6.07) is 12.3. The summed E-state index contributed by atoms with van der Waals surface area (Å²) in [6.07, 6.45) is 0.582. The van der Waals surface area contributed by atoms with E-state index in [4.69, 9.17) is 16.3 Å². The second-order valence-corrected chi connectivity index (χ2v) is 5.92. The molecule has 1 heterocycles. The van der Waals surface area contributed by atoms with Crippen LogP contribution >= 0.6 is 11.6 Å². The zero-order chi connectivity index (χ0) is 17.1. The van der Waals surface area contributed by atoms with Crippen molar-refractivity contribution >= 4 is 29.1 Å². The van der Waals surface area contributed by atoms with Gasteiger partial charge in [-0.05, 0) is 30.7 Å². The molecule has 0 aromatic heterocycles. The van der Waals surface area contributed by atoms with Crippen molar-refractivity contribution in [1.82, 2.24) is 5.32 Å². The molecule has 6 heteroatoms. The number of carbonyl (C=O) groups is 2. The Balaban J connectivity index is 1.89. The average molecular weight is 345 g/mol. The smallest absolute Gasteiger partial charge is 0.253 e. The van der Waals surface area contributed by atoms with Crippen molar-refractivity contribution in [2.75, 3.05) is 19.0 Å². The van der Waals surface area contributed by atoms with Gasteiger partial charge < -0.3 is 15.4 Å². The van der Waals surface area contributed by atoms with Crippen LogP contribution in [0.1, 0.15) is 28.3 Å². The quantitative estimate of drug-likeness (QED) is 0.898. The van der Waals surface area contributed by atoms with Crippen molar-refractivity contribution in [3.8, 4) is 5.75 Å². The van der Waals surface area contributed by atoms with Crippen LogP contribution in [0.2, 0.25) is 5.02 Å². The van der Waals surface area contributed by atoms with Gasteiger partial charge in [0.15, 0.2) is 0 Å². The molecule has 2 amide bonds. The van der Waals surface area contributed by atoms with Gasteiger partial charge in [-0.1, -0.05) is 29.8 Å². The van der Waals surface area contributed by atoms with E-state index in [1.54, 1.807) is 18.2 Å². The predicted molar refractivity (Wildman–Crippen MR) is 92.8 cm³/mol. The summed E-state index contributed by atoms with van der Waals surface area (Å²) in [4.78, 5) is 24.7. The lowest BCUT2D eigenvalue weighted by atomic mass is 9.92. The molecule has 1 atom stereocenters. The fourth-order valence-corrected chi connectivity index (χ4v) is 2.96. The predicted octanol–water partition coefficient (Wildman–Crippen LogP) is 3.20. The molecule has 2 N–H and O–H groups in total. The van der Waals surface area contributed by atoms with E-state index in [9.17, 15) is 9.59 Å². The van der Waals surface area contributed by atoms with Gasteiger partial charge in [-0.25, -0.2) is 0 Å². The zero-order valence-corrected chi connectivity index (χ0v) is 13.9. The van der Waals surface area contributed by atoms with Gasteiger partial charge in [0, 0.05) is 17.6 Å². The van der Waals surface area contributed by atoms with Crippen molar-refractivity contribution in [2.24, 2.45) is 0 Å². The Kier molecular flexibility index (Phi) is 4.71. The minimum absolute atomic E-state index is 0.182. The number of nitrogens with one attached hydrogen (secondary N) is 2. The molecule has 0 radical (unpaired) electrons. The fourth-order valence-electron chi connectivity index (χ4n) is 2.79. The number of carbonyl (C=O) groups excluding carboxylic acids is 2. The highest BCUT2D eigenvalue weighted by Gasteiger charge is 2.28. The van der Waals surface area contributed by atoms with E-state index < -0.39 is 0 Å². The van der Waals surface area contributed by atoms with Gasteiger partial charge in [-0.3, -0.25) is 9.59 Å².